The summed E-state index contributed by atoms with van der Waals surface area (Å²) in [6.07, 6.45) is 9.24. The SMILES string of the molecule is O=C(CN(CC1CCCCC1)C1CC1)Nc1ccccc1Cl. The summed E-state index contributed by atoms with van der Waals surface area (Å²) in [6.45, 7) is 1.58. The van der Waals surface area contributed by atoms with E-state index in [-0.39, 0.29) is 5.91 Å². The van der Waals surface area contributed by atoms with Gasteiger partial charge in [-0.2, -0.15) is 0 Å². The van der Waals surface area contributed by atoms with E-state index in [2.05, 4.69) is 10.2 Å². The molecule has 2 fully saturated rings. The first-order valence-electron chi connectivity index (χ1n) is 8.51. The van der Waals surface area contributed by atoms with Crippen LogP contribution in [0.3, 0.4) is 0 Å². The van der Waals surface area contributed by atoms with Crippen molar-refractivity contribution in [3.63, 3.8) is 0 Å². The van der Waals surface area contributed by atoms with E-state index in [1.54, 1.807) is 6.07 Å². The number of carbonyl (C=O) groups excluding carboxylic acids is 1. The fourth-order valence-electron chi connectivity index (χ4n) is 3.42. The lowest BCUT2D eigenvalue weighted by atomic mass is 9.89. The Labute approximate surface area is 138 Å². The second-order valence-corrected chi connectivity index (χ2v) is 7.10. The molecule has 0 saturated heterocycles. The molecular weight excluding hydrogens is 296 g/mol. The van der Waals surface area contributed by atoms with Gasteiger partial charge in [-0.05, 0) is 43.7 Å². The molecule has 0 bridgehead atoms. The quantitative estimate of drug-likeness (QED) is 0.846. The largest absolute Gasteiger partial charge is 0.324 e. The van der Waals surface area contributed by atoms with Gasteiger partial charge in [0.15, 0.2) is 0 Å². The molecule has 22 heavy (non-hydrogen) atoms. The van der Waals surface area contributed by atoms with Crippen LogP contribution >= 0.6 is 11.6 Å². The number of hydrogen-bond acceptors (Lipinski definition) is 2. The summed E-state index contributed by atoms with van der Waals surface area (Å²) < 4.78 is 0. The second kappa shape index (κ2) is 7.47. The molecular formula is C18H25ClN2O. The van der Waals surface area contributed by atoms with Gasteiger partial charge < -0.3 is 5.32 Å². The van der Waals surface area contributed by atoms with Crippen molar-refractivity contribution >= 4 is 23.2 Å². The van der Waals surface area contributed by atoms with Gasteiger partial charge in [0.1, 0.15) is 0 Å². The van der Waals surface area contributed by atoms with Crippen LogP contribution in [-0.2, 0) is 4.79 Å². The molecule has 3 rings (SSSR count). The zero-order valence-corrected chi connectivity index (χ0v) is 13.8. The molecule has 4 heteroatoms. The molecule has 2 aliphatic carbocycles. The van der Waals surface area contributed by atoms with E-state index < -0.39 is 0 Å². The number of nitrogens with zero attached hydrogens (tertiary/aromatic N) is 1. The van der Waals surface area contributed by atoms with Crippen molar-refractivity contribution in [1.82, 2.24) is 4.90 Å². The summed E-state index contributed by atoms with van der Waals surface area (Å²) in [5.74, 6) is 0.832. The van der Waals surface area contributed by atoms with Gasteiger partial charge in [-0.1, -0.05) is 43.0 Å². The minimum atomic E-state index is 0.0517. The Bertz CT molecular complexity index is 510. The van der Waals surface area contributed by atoms with Crippen LogP contribution in [0.15, 0.2) is 24.3 Å². The van der Waals surface area contributed by atoms with Gasteiger partial charge in [0.05, 0.1) is 17.3 Å². The Morgan fingerprint density at radius 3 is 2.55 bits per heavy atom. The van der Waals surface area contributed by atoms with Crippen LogP contribution in [0.1, 0.15) is 44.9 Å². The molecule has 0 radical (unpaired) electrons. The normalized spacial score (nSPS) is 19.4. The van der Waals surface area contributed by atoms with Crippen LogP contribution in [-0.4, -0.2) is 29.9 Å². The monoisotopic (exact) mass is 320 g/mol. The van der Waals surface area contributed by atoms with E-state index >= 15 is 0 Å². The average Bonchev–Trinajstić information content (AvgIpc) is 3.35. The van der Waals surface area contributed by atoms with Gasteiger partial charge in [-0.3, -0.25) is 9.69 Å². The summed E-state index contributed by atoms with van der Waals surface area (Å²) in [6, 6.07) is 8.04. The summed E-state index contributed by atoms with van der Waals surface area (Å²) in [4.78, 5) is 14.7. The molecule has 0 heterocycles. The number of rotatable bonds is 6. The number of halogens is 1. The molecule has 0 aromatic heterocycles. The molecule has 0 atom stereocenters. The highest BCUT2D eigenvalue weighted by Gasteiger charge is 2.32. The van der Waals surface area contributed by atoms with Gasteiger partial charge in [-0.25, -0.2) is 0 Å². The standard InChI is InChI=1S/C18H25ClN2O/c19-16-8-4-5-9-17(16)20-18(22)13-21(15-10-11-15)12-14-6-2-1-3-7-14/h4-5,8-9,14-15H,1-3,6-7,10-13H2,(H,20,22). The first-order valence-corrected chi connectivity index (χ1v) is 8.88. The van der Waals surface area contributed by atoms with Gasteiger partial charge >= 0.3 is 0 Å². The van der Waals surface area contributed by atoms with E-state index in [1.807, 2.05) is 18.2 Å². The average molecular weight is 321 g/mol. The van der Waals surface area contributed by atoms with Gasteiger partial charge in [-0.15, -0.1) is 0 Å². The highest BCUT2D eigenvalue weighted by molar-refractivity contribution is 6.33. The minimum absolute atomic E-state index is 0.0517. The van der Waals surface area contributed by atoms with E-state index in [4.69, 9.17) is 11.6 Å². The van der Waals surface area contributed by atoms with Crippen molar-refractivity contribution < 1.29 is 4.79 Å². The zero-order valence-electron chi connectivity index (χ0n) is 13.1. The van der Waals surface area contributed by atoms with Crippen LogP contribution < -0.4 is 5.32 Å². The lowest BCUT2D eigenvalue weighted by Crippen LogP contribution is -2.38. The number of hydrogen-bond donors (Lipinski definition) is 1. The number of para-hydroxylation sites is 1. The maximum Gasteiger partial charge on any atom is 0.238 e. The molecule has 2 aliphatic rings. The van der Waals surface area contributed by atoms with E-state index in [1.165, 1.54) is 44.9 Å². The van der Waals surface area contributed by atoms with Crippen LogP contribution in [0.2, 0.25) is 5.02 Å². The molecule has 1 N–H and O–H groups in total. The Morgan fingerprint density at radius 1 is 1.14 bits per heavy atom. The molecule has 1 aromatic carbocycles. The predicted octanol–water partition coefficient (Wildman–Crippen LogP) is 4.32. The molecule has 120 valence electrons. The predicted molar refractivity (Wildman–Crippen MR) is 91.3 cm³/mol. The van der Waals surface area contributed by atoms with Crippen LogP contribution in [0, 0.1) is 5.92 Å². The smallest absolute Gasteiger partial charge is 0.238 e. The summed E-state index contributed by atoms with van der Waals surface area (Å²) in [7, 11) is 0. The van der Waals surface area contributed by atoms with E-state index in [0.717, 1.165) is 12.5 Å². The van der Waals surface area contributed by atoms with Gasteiger partial charge in [0.2, 0.25) is 5.91 Å². The molecule has 0 spiro atoms. The summed E-state index contributed by atoms with van der Waals surface area (Å²) >= 11 is 6.11. The third-order valence-corrected chi connectivity index (χ3v) is 5.10. The lowest BCUT2D eigenvalue weighted by Gasteiger charge is -2.29. The number of amides is 1. The Balaban J connectivity index is 1.54. The maximum absolute atomic E-state index is 12.3. The Kier molecular flexibility index (Phi) is 5.37. The first-order chi connectivity index (χ1) is 10.7. The molecule has 1 amide bonds. The molecule has 2 saturated carbocycles. The molecule has 1 aromatic rings. The van der Waals surface area contributed by atoms with Crippen LogP contribution in [0.5, 0.6) is 0 Å². The van der Waals surface area contributed by atoms with Crippen molar-refractivity contribution in [2.24, 2.45) is 5.92 Å². The van der Waals surface area contributed by atoms with Gasteiger partial charge in [0, 0.05) is 12.6 Å². The van der Waals surface area contributed by atoms with Gasteiger partial charge in [0.25, 0.3) is 0 Å². The molecule has 3 nitrogen and oxygen atoms in total. The van der Waals surface area contributed by atoms with Crippen LogP contribution in [0.4, 0.5) is 5.69 Å². The highest BCUT2D eigenvalue weighted by atomic mass is 35.5. The van der Waals surface area contributed by atoms with E-state index in [0.29, 0.717) is 23.3 Å². The molecule has 0 aliphatic heterocycles. The highest BCUT2D eigenvalue weighted by Crippen LogP contribution is 2.31. The van der Waals surface area contributed by atoms with Crippen molar-refractivity contribution in [3.8, 4) is 0 Å². The zero-order chi connectivity index (χ0) is 15.4. The third kappa shape index (κ3) is 4.47. The van der Waals surface area contributed by atoms with Crippen molar-refractivity contribution in [3.05, 3.63) is 29.3 Å². The van der Waals surface area contributed by atoms with Crippen LogP contribution in [0.25, 0.3) is 0 Å². The summed E-state index contributed by atoms with van der Waals surface area (Å²) in [5, 5.41) is 3.55. The fourth-order valence-corrected chi connectivity index (χ4v) is 3.60. The van der Waals surface area contributed by atoms with E-state index in [9.17, 15) is 4.79 Å². The second-order valence-electron chi connectivity index (χ2n) is 6.69. The summed E-state index contributed by atoms with van der Waals surface area (Å²) in [5.41, 5.74) is 0.711. The van der Waals surface area contributed by atoms with Crippen molar-refractivity contribution in [1.29, 1.82) is 0 Å². The minimum Gasteiger partial charge on any atom is -0.324 e. The van der Waals surface area contributed by atoms with Crippen molar-refractivity contribution in [2.45, 2.75) is 51.0 Å². The fraction of sp³-hybridized carbons (Fsp3) is 0.611. The third-order valence-electron chi connectivity index (χ3n) is 4.78. The first kappa shape index (κ1) is 15.8. The lowest BCUT2D eigenvalue weighted by molar-refractivity contribution is -0.117. The topological polar surface area (TPSA) is 32.3 Å². The Hall–Kier alpha value is -1.06. The number of nitrogens with one attached hydrogen (secondary N) is 1. The maximum atomic E-state index is 12.3. The number of anilines is 1. The van der Waals surface area contributed by atoms with Crippen molar-refractivity contribution in [2.75, 3.05) is 18.4 Å². The number of benzene rings is 1. The Morgan fingerprint density at radius 2 is 1.86 bits per heavy atom. The number of carbonyl (C=O) groups is 1. The molecule has 0 unspecified atom stereocenters.